The maximum absolute atomic E-state index is 10.3. The van der Waals surface area contributed by atoms with Crippen LogP contribution in [0.4, 0.5) is 0 Å². The number of aromatic carboxylic acids is 2. The molecule has 0 unspecified atom stereocenters. The molecule has 0 N–H and O–H groups in total. The summed E-state index contributed by atoms with van der Waals surface area (Å²) in [7, 11) is 0. The van der Waals surface area contributed by atoms with Gasteiger partial charge < -0.3 is 19.8 Å². The van der Waals surface area contributed by atoms with Gasteiger partial charge in [0, 0.05) is 23.5 Å². The van der Waals surface area contributed by atoms with Gasteiger partial charge in [0.2, 0.25) is 0 Å². The van der Waals surface area contributed by atoms with Gasteiger partial charge in [-0.25, -0.2) is 0 Å². The number of carbonyl (C=O) groups excluding carboxylic acids is 2. The standard InChI is InChI=1S/C7H5NO4.2Na/c9-6(10)4-1-2-8-3-5(4)7(11)12;;/h1-3H,(H,9,10)(H,11,12);;/q;2*+1/p-2. The number of hydrogen-bond acceptors (Lipinski definition) is 5. The van der Waals surface area contributed by atoms with E-state index in [9.17, 15) is 19.8 Å². The van der Waals surface area contributed by atoms with Gasteiger partial charge in [-0.1, -0.05) is 0 Å². The first-order valence-corrected chi connectivity index (χ1v) is 2.99. The molecule has 1 heterocycles. The van der Waals surface area contributed by atoms with Gasteiger partial charge in [-0.15, -0.1) is 0 Å². The van der Waals surface area contributed by atoms with Crippen LogP contribution in [0.1, 0.15) is 20.7 Å². The quantitative estimate of drug-likeness (QED) is 0.453. The van der Waals surface area contributed by atoms with Crippen molar-refractivity contribution in [3.8, 4) is 0 Å². The molecule has 0 saturated carbocycles. The average Bonchev–Trinajstić information content (AvgIpc) is 2.04. The topological polar surface area (TPSA) is 93.2 Å². The molecule has 14 heavy (non-hydrogen) atoms. The average molecular weight is 211 g/mol. The Labute approximate surface area is 124 Å². The zero-order valence-electron chi connectivity index (χ0n) is 7.81. The Bertz CT molecular complexity index is 309. The number of pyridine rings is 1. The molecule has 0 aliphatic heterocycles. The van der Waals surface area contributed by atoms with E-state index in [1.807, 2.05) is 0 Å². The maximum atomic E-state index is 10.3. The molecule has 62 valence electrons. The van der Waals surface area contributed by atoms with Crippen molar-refractivity contribution in [2.45, 2.75) is 0 Å². The molecule has 0 atom stereocenters. The van der Waals surface area contributed by atoms with Crippen molar-refractivity contribution < 1.29 is 78.9 Å². The molecule has 0 spiro atoms. The first-order valence-electron chi connectivity index (χ1n) is 2.99. The first-order chi connectivity index (χ1) is 5.63. The van der Waals surface area contributed by atoms with Crippen LogP contribution in [0.3, 0.4) is 0 Å². The molecule has 1 aromatic heterocycles. The number of hydrogen-bond donors (Lipinski definition) is 0. The molecule has 7 heteroatoms. The fourth-order valence-corrected chi connectivity index (χ4v) is 0.735. The molecule has 0 saturated heterocycles. The molecule has 0 amide bonds. The van der Waals surface area contributed by atoms with Crippen molar-refractivity contribution in [3.63, 3.8) is 0 Å². The summed E-state index contributed by atoms with van der Waals surface area (Å²) in [5, 5.41) is 20.6. The largest absolute Gasteiger partial charge is 1.00 e. The van der Waals surface area contributed by atoms with E-state index in [0.717, 1.165) is 18.5 Å². The Morgan fingerprint density at radius 1 is 1.07 bits per heavy atom. The third kappa shape index (κ3) is 4.08. The normalized spacial score (nSPS) is 8.00. The number of nitrogens with zero attached hydrogens (tertiary/aromatic N) is 1. The summed E-state index contributed by atoms with van der Waals surface area (Å²) in [6.45, 7) is 0. The summed E-state index contributed by atoms with van der Waals surface area (Å²) in [5.41, 5.74) is -0.900. The summed E-state index contributed by atoms with van der Waals surface area (Å²) in [4.78, 5) is 24.0. The molecule has 0 aliphatic rings. The molecule has 0 radical (unpaired) electrons. The third-order valence-corrected chi connectivity index (χ3v) is 1.26. The number of carboxylic acids is 2. The van der Waals surface area contributed by atoms with Gasteiger partial charge in [-0.2, -0.15) is 0 Å². The molecule has 1 rings (SSSR count). The second kappa shape index (κ2) is 7.39. The Kier molecular flexibility index (Phi) is 8.72. The second-order valence-corrected chi connectivity index (χ2v) is 2.00. The van der Waals surface area contributed by atoms with Crippen molar-refractivity contribution in [1.29, 1.82) is 0 Å². The summed E-state index contributed by atoms with van der Waals surface area (Å²) in [6.07, 6.45) is 2.07. The van der Waals surface area contributed by atoms with Crippen molar-refractivity contribution in [3.05, 3.63) is 29.6 Å². The van der Waals surface area contributed by atoms with Crippen LogP contribution in [0.2, 0.25) is 0 Å². The van der Waals surface area contributed by atoms with E-state index in [1.54, 1.807) is 0 Å². The number of carboxylic acid groups (broad SMARTS) is 2. The molecule has 0 aliphatic carbocycles. The Morgan fingerprint density at radius 3 is 1.93 bits per heavy atom. The van der Waals surface area contributed by atoms with Crippen LogP contribution in [0.15, 0.2) is 18.5 Å². The smallest absolute Gasteiger partial charge is 0.545 e. The fraction of sp³-hybridized carbons (Fsp3) is 0. The monoisotopic (exact) mass is 211 g/mol. The van der Waals surface area contributed by atoms with E-state index < -0.39 is 23.1 Å². The van der Waals surface area contributed by atoms with E-state index in [0.29, 0.717) is 0 Å². The minimum Gasteiger partial charge on any atom is -0.545 e. The molecule has 1 aromatic rings. The van der Waals surface area contributed by atoms with Gasteiger partial charge in [0.25, 0.3) is 0 Å². The molecular weight excluding hydrogens is 208 g/mol. The third-order valence-electron chi connectivity index (χ3n) is 1.26. The van der Waals surface area contributed by atoms with Crippen molar-refractivity contribution >= 4 is 11.9 Å². The number of rotatable bonds is 2. The van der Waals surface area contributed by atoms with Gasteiger partial charge >= 0.3 is 59.1 Å². The molecule has 0 bridgehead atoms. The zero-order valence-corrected chi connectivity index (χ0v) is 11.8. The van der Waals surface area contributed by atoms with E-state index in [-0.39, 0.29) is 59.1 Å². The van der Waals surface area contributed by atoms with Crippen LogP contribution in [0.5, 0.6) is 0 Å². The van der Waals surface area contributed by atoms with E-state index >= 15 is 0 Å². The zero-order chi connectivity index (χ0) is 9.14. The van der Waals surface area contributed by atoms with Gasteiger partial charge in [0.05, 0.1) is 11.9 Å². The summed E-state index contributed by atoms with van der Waals surface area (Å²) in [6, 6.07) is 1.04. The van der Waals surface area contributed by atoms with Crippen molar-refractivity contribution in [1.82, 2.24) is 4.98 Å². The second-order valence-electron chi connectivity index (χ2n) is 2.00. The Hall–Kier alpha value is 0.0900. The van der Waals surface area contributed by atoms with Gasteiger partial charge in [0.15, 0.2) is 0 Å². The fourth-order valence-electron chi connectivity index (χ4n) is 0.735. The minimum atomic E-state index is -1.58. The summed E-state index contributed by atoms with van der Waals surface area (Å²) >= 11 is 0. The van der Waals surface area contributed by atoms with Crippen LogP contribution < -0.4 is 69.3 Å². The van der Waals surface area contributed by atoms with Crippen LogP contribution in [0, 0.1) is 0 Å². The first kappa shape index (κ1) is 16.5. The number of aromatic nitrogens is 1. The van der Waals surface area contributed by atoms with Gasteiger partial charge in [-0.3, -0.25) is 4.98 Å². The predicted octanol–water partition coefficient (Wildman–Crippen LogP) is -8.18. The van der Waals surface area contributed by atoms with Crippen LogP contribution >= 0.6 is 0 Å². The Morgan fingerprint density at radius 2 is 1.57 bits per heavy atom. The Balaban J connectivity index is 0. The van der Waals surface area contributed by atoms with E-state index in [2.05, 4.69) is 4.98 Å². The molecule has 5 nitrogen and oxygen atoms in total. The van der Waals surface area contributed by atoms with Gasteiger partial charge in [-0.05, 0) is 6.07 Å². The molecular formula is C7H3NNa2O4. The summed E-state index contributed by atoms with van der Waals surface area (Å²) < 4.78 is 0. The van der Waals surface area contributed by atoms with E-state index in [1.165, 1.54) is 0 Å². The minimum absolute atomic E-state index is 0. The molecule has 0 fully saturated rings. The van der Waals surface area contributed by atoms with Crippen LogP contribution in [-0.4, -0.2) is 16.9 Å². The van der Waals surface area contributed by atoms with Crippen LogP contribution in [-0.2, 0) is 0 Å². The predicted molar refractivity (Wildman–Crippen MR) is 32.9 cm³/mol. The van der Waals surface area contributed by atoms with Crippen molar-refractivity contribution in [2.24, 2.45) is 0 Å². The van der Waals surface area contributed by atoms with E-state index in [4.69, 9.17) is 0 Å². The SMILES string of the molecule is O=C([O-])c1ccncc1C(=O)[O-].[Na+].[Na+]. The van der Waals surface area contributed by atoms with Crippen molar-refractivity contribution in [2.75, 3.05) is 0 Å². The summed E-state index contributed by atoms with van der Waals surface area (Å²) in [5.74, 6) is -3.14. The van der Waals surface area contributed by atoms with Gasteiger partial charge in [0.1, 0.15) is 0 Å². The number of carbonyl (C=O) groups is 2. The molecule has 0 aromatic carbocycles. The maximum Gasteiger partial charge on any atom is 1.00 e. The van der Waals surface area contributed by atoms with Crippen LogP contribution in [0.25, 0.3) is 0 Å².